The standard InChI is InChI=1S/C10H22N2S/c1-4-5-7-11-10(13)12-8-6-9(2)3/h9H,4-8H2,1-3H3,(H2,11,12,13). The van der Waals surface area contributed by atoms with Crippen molar-refractivity contribution < 1.29 is 0 Å². The molecule has 0 aromatic carbocycles. The van der Waals surface area contributed by atoms with Crippen molar-refractivity contribution in [3.8, 4) is 0 Å². The molecule has 0 bridgehead atoms. The first-order chi connectivity index (χ1) is 6.16. The third kappa shape index (κ3) is 9.61. The van der Waals surface area contributed by atoms with E-state index in [1.165, 1.54) is 19.3 Å². The summed E-state index contributed by atoms with van der Waals surface area (Å²) in [5, 5.41) is 7.17. The van der Waals surface area contributed by atoms with Crippen molar-refractivity contribution in [3.05, 3.63) is 0 Å². The summed E-state index contributed by atoms with van der Waals surface area (Å²) in [5.41, 5.74) is 0. The summed E-state index contributed by atoms with van der Waals surface area (Å²) in [7, 11) is 0. The Bertz CT molecular complexity index is 135. The Kier molecular flexibility index (Phi) is 8.10. The molecule has 0 heterocycles. The van der Waals surface area contributed by atoms with Crippen molar-refractivity contribution in [1.82, 2.24) is 10.6 Å². The van der Waals surface area contributed by atoms with Crippen LogP contribution in [0.15, 0.2) is 0 Å². The SMILES string of the molecule is CCCCNC(=S)NCCC(C)C. The average molecular weight is 202 g/mol. The zero-order valence-electron chi connectivity index (χ0n) is 9.02. The molecular weight excluding hydrogens is 180 g/mol. The van der Waals surface area contributed by atoms with E-state index in [1.807, 2.05) is 0 Å². The minimum Gasteiger partial charge on any atom is -0.363 e. The van der Waals surface area contributed by atoms with Crippen molar-refractivity contribution in [2.45, 2.75) is 40.0 Å². The van der Waals surface area contributed by atoms with Crippen LogP contribution in [0.3, 0.4) is 0 Å². The Morgan fingerprint density at radius 3 is 2.38 bits per heavy atom. The van der Waals surface area contributed by atoms with Crippen molar-refractivity contribution in [3.63, 3.8) is 0 Å². The molecule has 2 nitrogen and oxygen atoms in total. The fourth-order valence-electron chi connectivity index (χ4n) is 0.916. The molecule has 0 aromatic rings. The molecule has 0 saturated heterocycles. The van der Waals surface area contributed by atoms with E-state index in [9.17, 15) is 0 Å². The van der Waals surface area contributed by atoms with Gasteiger partial charge in [0.25, 0.3) is 0 Å². The van der Waals surface area contributed by atoms with Crippen molar-refractivity contribution >= 4 is 17.3 Å². The molecule has 0 aliphatic heterocycles. The van der Waals surface area contributed by atoms with E-state index in [1.54, 1.807) is 0 Å². The van der Waals surface area contributed by atoms with Crippen LogP contribution in [0.2, 0.25) is 0 Å². The van der Waals surface area contributed by atoms with Gasteiger partial charge >= 0.3 is 0 Å². The van der Waals surface area contributed by atoms with E-state index >= 15 is 0 Å². The van der Waals surface area contributed by atoms with Gasteiger partial charge in [-0.3, -0.25) is 0 Å². The van der Waals surface area contributed by atoms with Gasteiger partial charge in [0.1, 0.15) is 0 Å². The van der Waals surface area contributed by atoms with E-state index in [2.05, 4.69) is 31.4 Å². The Morgan fingerprint density at radius 1 is 1.23 bits per heavy atom. The smallest absolute Gasteiger partial charge is 0.166 e. The van der Waals surface area contributed by atoms with E-state index in [0.29, 0.717) is 0 Å². The molecule has 0 rings (SSSR count). The lowest BCUT2D eigenvalue weighted by Gasteiger charge is -2.10. The van der Waals surface area contributed by atoms with Crippen molar-refractivity contribution in [2.75, 3.05) is 13.1 Å². The van der Waals surface area contributed by atoms with E-state index in [0.717, 1.165) is 24.1 Å². The quantitative estimate of drug-likeness (QED) is 0.510. The van der Waals surface area contributed by atoms with Gasteiger partial charge < -0.3 is 10.6 Å². The highest BCUT2D eigenvalue weighted by Crippen LogP contribution is 1.95. The molecule has 3 heteroatoms. The van der Waals surface area contributed by atoms with Gasteiger partial charge in [0.05, 0.1) is 0 Å². The zero-order valence-corrected chi connectivity index (χ0v) is 9.84. The molecule has 0 aliphatic carbocycles. The highest BCUT2D eigenvalue weighted by Gasteiger charge is 1.95. The predicted octanol–water partition coefficient (Wildman–Crippen LogP) is 2.30. The number of thiocarbonyl (C=S) groups is 1. The molecule has 13 heavy (non-hydrogen) atoms. The first-order valence-corrected chi connectivity index (χ1v) is 5.59. The predicted molar refractivity (Wildman–Crippen MR) is 63.0 cm³/mol. The topological polar surface area (TPSA) is 24.1 Å². The van der Waals surface area contributed by atoms with Crippen molar-refractivity contribution in [1.29, 1.82) is 0 Å². The Balaban J connectivity index is 3.20. The summed E-state index contributed by atoms with van der Waals surface area (Å²) in [5.74, 6) is 0.742. The summed E-state index contributed by atoms with van der Waals surface area (Å²) in [6.45, 7) is 8.58. The molecule has 2 N–H and O–H groups in total. The van der Waals surface area contributed by atoms with Crippen LogP contribution in [-0.4, -0.2) is 18.2 Å². The number of unbranched alkanes of at least 4 members (excludes halogenated alkanes) is 1. The van der Waals surface area contributed by atoms with Gasteiger partial charge in [-0.1, -0.05) is 27.2 Å². The molecular formula is C10H22N2S. The van der Waals surface area contributed by atoms with E-state index < -0.39 is 0 Å². The summed E-state index contributed by atoms with van der Waals surface area (Å²) < 4.78 is 0. The lowest BCUT2D eigenvalue weighted by Crippen LogP contribution is -2.36. The molecule has 0 spiro atoms. The number of rotatable bonds is 6. The minimum absolute atomic E-state index is 0.742. The Hall–Kier alpha value is -0.310. The monoisotopic (exact) mass is 202 g/mol. The van der Waals surface area contributed by atoms with Gasteiger partial charge in [-0.25, -0.2) is 0 Å². The van der Waals surface area contributed by atoms with Gasteiger partial charge in [-0.2, -0.15) is 0 Å². The Labute approximate surface area is 87.5 Å². The highest BCUT2D eigenvalue weighted by molar-refractivity contribution is 7.80. The second kappa shape index (κ2) is 8.30. The van der Waals surface area contributed by atoms with Crippen LogP contribution >= 0.6 is 12.2 Å². The summed E-state index contributed by atoms with van der Waals surface area (Å²) in [4.78, 5) is 0. The first-order valence-electron chi connectivity index (χ1n) is 5.18. The normalized spacial score (nSPS) is 10.2. The summed E-state index contributed by atoms with van der Waals surface area (Å²) in [6.07, 6.45) is 3.57. The van der Waals surface area contributed by atoms with Crippen LogP contribution in [0.1, 0.15) is 40.0 Å². The maximum atomic E-state index is 5.10. The maximum absolute atomic E-state index is 5.10. The lowest BCUT2D eigenvalue weighted by atomic mass is 10.1. The molecule has 0 aromatic heterocycles. The highest BCUT2D eigenvalue weighted by atomic mass is 32.1. The van der Waals surface area contributed by atoms with E-state index in [-0.39, 0.29) is 0 Å². The second-order valence-corrected chi connectivity index (χ2v) is 4.13. The molecule has 78 valence electrons. The third-order valence-corrected chi connectivity index (χ3v) is 2.11. The first kappa shape index (κ1) is 12.7. The summed E-state index contributed by atoms with van der Waals surface area (Å²) in [6, 6.07) is 0. The number of nitrogens with one attached hydrogen (secondary N) is 2. The lowest BCUT2D eigenvalue weighted by molar-refractivity contribution is 0.575. The third-order valence-electron chi connectivity index (χ3n) is 1.82. The van der Waals surface area contributed by atoms with Gasteiger partial charge in [0.15, 0.2) is 5.11 Å². The molecule has 0 unspecified atom stereocenters. The maximum Gasteiger partial charge on any atom is 0.166 e. The number of hydrogen-bond acceptors (Lipinski definition) is 1. The fraction of sp³-hybridized carbons (Fsp3) is 0.900. The molecule has 0 aliphatic rings. The van der Waals surface area contributed by atoms with Gasteiger partial charge in [-0.15, -0.1) is 0 Å². The summed E-state index contributed by atoms with van der Waals surface area (Å²) >= 11 is 5.10. The number of hydrogen-bond donors (Lipinski definition) is 2. The molecule has 0 amide bonds. The molecule has 0 radical (unpaired) electrons. The van der Waals surface area contributed by atoms with Crippen molar-refractivity contribution in [2.24, 2.45) is 5.92 Å². The van der Waals surface area contributed by atoms with Crippen LogP contribution in [-0.2, 0) is 0 Å². The zero-order chi connectivity index (χ0) is 10.1. The van der Waals surface area contributed by atoms with E-state index in [4.69, 9.17) is 12.2 Å². The largest absolute Gasteiger partial charge is 0.363 e. The van der Waals surface area contributed by atoms with Gasteiger partial charge in [0, 0.05) is 13.1 Å². The fourth-order valence-corrected chi connectivity index (χ4v) is 1.12. The van der Waals surface area contributed by atoms with Crippen LogP contribution in [0, 0.1) is 5.92 Å². The van der Waals surface area contributed by atoms with Crippen LogP contribution in [0.5, 0.6) is 0 Å². The van der Waals surface area contributed by atoms with Crippen LogP contribution in [0.25, 0.3) is 0 Å². The van der Waals surface area contributed by atoms with Gasteiger partial charge in [0.2, 0.25) is 0 Å². The molecule has 0 saturated carbocycles. The van der Waals surface area contributed by atoms with Crippen LogP contribution in [0.4, 0.5) is 0 Å². The minimum atomic E-state index is 0.742. The van der Waals surface area contributed by atoms with Gasteiger partial charge in [-0.05, 0) is 31.0 Å². The second-order valence-electron chi connectivity index (χ2n) is 3.72. The Morgan fingerprint density at radius 2 is 1.85 bits per heavy atom. The molecule has 0 atom stereocenters. The van der Waals surface area contributed by atoms with Crippen LogP contribution < -0.4 is 10.6 Å². The molecule has 0 fully saturated rings. The average Bonchev–Trinajstić information content (AvgIpc) is 2.04.